The molecule has 18 heavy (non-hydrogen) atoms. The zero-order valence-electron chi connectivity index (χ0n) is 9.11. The summed E-state index contributed by atoms with van der Waals surface area (Å²) in [6, 6.07) is 4.74. The highest BCUT2D eigenvalue weighted by atomic mass is 35.5. The van der Waals surface area contributed by atoms with Gasteiger partial charge in [0.1, 0.15) is 5.84 Å². The standard InChI is InChI=1S/C12H8Cl2N2O2/c13-7-3-1-4-8(14)11(7)12(18)16-9-5-2-6-10(17)15-9/h1-5H,6H2,(H,15,16,17,18). The predicted octanol–water partition coefficient (Wildman–Crippen LogP) is 2.61. The van der Waals surface area contributed by atoms with E-state index in [-0.39, 0.29) is 33.8 Å². The molecule has 0 saturated carbocycles. The van der Waals surface area contributed by atoms with Gasteiger partial charge in [-0.3, -0.25) is 9.59 Å². The molecule has 0 fully saturated rings. The van der Waals surface area contributed by atoms with Crippen molar-refractivity contribution < 1.29 is 9.59 Å². The lowest BCUT2D eigenvalue weighted by Gasteiger charge is -2.08. The Morgan fingerprint density at radius 1 is 1.28 bits per heavy atom. The smallest absolute Gasteiger partial charge is 0.281 e. The number of benzene rings is 1. The van der Waals surface area contributed by atoms with E-state index >= 15 is 0 Å². The van der Waals surface area contributed by atoms with Crippen molar-refractivity contribution in [2.45, 2.75) is 6.42 Å². The summed E-state index contributed by atoms with van der Waals surface area (Å²) >= 11 is 11.8. The Morgan fingerprint density at radius 2 is 1.94 bits per heavy atom. The topological polar surface area (TPSA) is 58.5 Å². The molecule has 1 aromatic carbocycles. The third-order valence-electron chi connectivity index (χ3n) is 2.25. The summed E-state index contributed by atoms with van der Waals surface area (Å²) in [6.07, 6.45) is 3.46. The average molecular weight is 283 g/mol. The van der Waals surface area contributed by atoms with Crippen LogP contribution in [0.1, 0.15) is 16.8 Å². The summed E-state index contributed by atoms with van der Waals surface area (Å²) < 4.78 is 0. The first kappa shape index (κ1) is 12.8. The number of amidine groups is 1. The third kappa shape index (κ3) is 2.78. The maximum atomic E-state index is 11.9. The highest BCUT2D eigenvalue weighted by molar-refractivity contribution is 6.40. The van der Waals surface area contributed by atoms with E-state index < -0.39 is 5.91 Å². The maximum absolute atomic E-state index is 11.9. The van der Waals surface area contributed by atoms with Crippen LogP contribution in [0.15, 0.2) is 35.3 Å². The van der Waals surface area contributed by atoms with E-state index in [2.05, 4.69) is 10.3 Å². The molecule has 1 aliphatic heterocycles. The lowest BCUT2D eigenvalue weighted by molar-refractivity contribution is -0.118. The number of hydrogen-bond donors (Lipinski definition) is 1. The van der Waals surface area contributed by atoms with Crippen LogP contribution in [-0.2, 0) is 4.79 Å². The molecule has 0 bridgehead atoms. The molecule has 1 heterocycles. The van der Waals surface area contributed by atoms with Gasteiger partial charge in [0.15, 0.2) is 0 Å². The number of nitrogens with zero attached hydrogens (tertiary/aromatic N) is 1. The van der Waals surface area contributed by atoms with Crippen LogP contribution in [-0.4, -0.2) is 17.6 Å². The Morgan fingerprint density at radius 3 is 2.56 bits per heavy atom. The summed E-state index contributed by atoms with van der Waals surface area (Å²) in [4.78, 5) is 26.8. The predicted molar refractivity (Wildman–Crippen MR) is 70.1 cm³/mol. The van der Waals surface area contributed by atoms with Gasteiger partial charge in [-0.2, -0.15) is 4.99 Å². The van der Waals surface area contributed by atoms with Gasteiger partial charge in [0.2, 0.25) is 5.91 Å². The molecular weight excluding hydrogens is 275 g/mol. The minimum absolute atomic E-state index is 0.126. The van der Waals surface area contributed by atoms with Crippen molar-refractivity contribution >= 4 is 40.9 Å². The van der Waals surface area contributed by atoms with Gasteiger partial charge >= 0.3 is 0 Å². The average Bonchev–Trinajstić information content (AvgIpc) is 2.28. The molecule has 0 aromatic heterocycles. The minimum atomic E-state index is -0.590. The van der Waals surface area contributed by atoms with Crippen molar-refractivity contribution in [3.63, 3.8) is 0 Å². The van der Waals surface area contributed by atoms with Gasteiger partial charge in [-0.25, -0.2) is 0 Å². The van der Waals surface area contributed by atoms with Crippen LogP contribution in [0.2, 0.25) is 10.0 Å². The van der Waals surface area contributed by atoms with Crippen LogP contribution in [0.3, 0.4) is 0 Å². The van der Waals surface area contributed by atoms with Crippen LogP contribution >= 0.6 is 23.2 Å². The monoisotopic (exact) mass is 282 g/mol. The maximum Gasteiger partial charge on any atom is 0.281 e. The van der Waals surface area contributed by atoms with Gasteiger partial charge in [-0.05, 0) is 18.2 Å². The van der Waals surface area contributed by atoms with Crippen molar-refractivity contribution in [1.29, 1.82) is 0 Å². The lowest BCUT2D eigenvalue weighted by Crippen LogP contribution is -2.32. The van der Waals surface area contributed by atoms with E-state index in [1.54, 1.807) is 30.4 Å². The number of carbonyl (C=O) groups excluding carboxylic acids is 2. The summed E-state index contributed by atoms with van der Waals surface area (Å²) in [5.41, 5.74) is 0.126. The Kier molecular flexibility index (Phi) is 3.79. The summed E-state index contributed by atoms with van der Waals surface area (Å²) in [7, 11) is 0. The number of aliphatic imine (C=N–C) groups is 1. The molecule has 92 valence electrons. The number of halogens is 2. The fourth-order valence-corrected chi connectivity index (χ4v) is 2.00. The molecule has 2 rings (SSSR count). The summed E-state index contributed by atoms with van der Waals surface area (Å²) in [6.45, 7) is 0. The van der Waals surface area contributed by atoms with E-state index in [1.807, 2.05) is 0 Å². The quantitative estimate of drug-likeness (QED) is 0.861. The number of nitrogens with one attached hydrogen (secondary N) is 1. The Balaban J connectivity index is 2.33. The second-order valence-electron chi connectivity index (χ2n) is 3.55. The zero-order valence-corrected chi connectivity index (χ0v) is 10.6. The van der Waals surface area contributed by atoms with Gasteiger partial charge in [0.05, 0.1) is 15.6 Å². The molecular formula is C12H8Cl2N2O2. The molecule has 4 nitrogen and oxygen atoms in total. The van der Waals surface area contributed by atoms with E-state index in [0.29, 0.717) is 0 Å². The van der Waals surface area contributed by atoms with E-state index in [4.69, 9.17) is 23.2 Å². The Hall–Kier alpha value is -1.65. The Bertz CT molecular complexity index is 559. The summed E-state index contributed by atoms with van der Waals surface area (Å²) in [5.74, 6) is -0.617. The summed E-state index contributed by atoms with van der Waals surface area (Å²) in [5, 5.41) is 2.92. The molecule has 0 atom stereocenters. The van der Waals surface area contributed by atoms with Crippen LogP contribution in [0.25, 0.3) is 0 Å². The molecule has 0 spiro atoms. The van der Waals surface area contributed by atoms with Crippen LogP contribution in [0.4, 0.5) is 0 Å². The normalized spacial score (nSPS) is 16.8. The second kappa shape index (κ2) is 5.33. The molecule has 0 unspecified atom stereocenters. The van der Waals surface area contributed by atoms with Crippen molar-refractivity contribution in [2.24, 2.45) is 4.99 Å². The highest BCUT2D eigenvalue weighted by Crippen LogP contribution is 2.24. The SMILES string of the molecule is O=C1CC=CC(=NC(=O)c2c(Cl)cccc2Cl)N1. The first-order valence-corrected chi connectivity index (χ1v) is 5.87. The van der Waals surface area contributed by atoms with Crippen LogP contribution in [0, 0.1) is 0 Å². The minimum Gasteiger partial charge on any atom is -0.310 e. The molecule has 1 aromatic rings. The molecule has 0 radical (unpaired) electrons. The number of rotatable bonds is 1. The van der Waals surface area contributed by atoms with E-state index in [1.165, 1.54) is 0 Å². The number of hydrogen-bond acceptors (Lipinski definition) is 2. The second-order valence-corrected chi connectivity index (χ2v) is 4.37. The first-order valence-electron chi connectivity index (χ1n) is 5.11. The largest absolute Gasteiger partial charge is 0.310 e. The van der Waals surface area contributed by atoms with Crippen molar-refractivity contribution in [1.82, 2.24) is 5.32 Å². The van der Waals surface area contributed by atoms with Crippen LogP contribution < -0.4 is 5.32 Å². The fourth-order valence-electron chi connectivity index (χ4n) is 1.45. The molecule has 1 N–H and O–H groups in total. The third-order valence-corrected chi connectivity index (χ3v) is 2.88. The van der Waals surface area contributed by atoms with Gasteiger partial charge in [0.25, 0.3) is 5.91 Å². The molecule has 1 aliphatic rings. The number of carbonyl (C=O) groups is 2. The van der Waals surface area contributed by atoms with E-state index in [9.17, 15) is 9.59 Å². The fraction of sp³-hybridized carbons (Fsp3) is 0.0833. The van der Waals surface area contributed by atoms with Crippen molar-refractivity contribution in [3.05, 3.63) is 46.0 Å². The number of amides is 2. The highest BCUT2D eigenvalue weighted by Gasteiger charge is 2.16. The Labute approximate surface area is 113 Å². The molecule has 6 heteroatoms. The zero-order chi connectivity index (χ0) is 13.1. The van der Waals surface area contributed by atoms with Gasteiger partial charge in [-0.1, -0.05) is 35.3 Å². The lowest BCUT2D eigenvalue weighted by atomic mass is 10.2. The molecule has 2 amide bonds. The van der Waals surface area contributed by atoms with Gasteiger partial charge in [-0.15, -0.1) is 0 Å². The van der Waals surface area contributed by atoms with E-state index in [0.717, 1.165) is 0 Å². The van der Waals surface area contributed by atoms with Gasteiger partial charge < -0.3 is 5.32 Å². The molecule has 0 aliphatic carbocycles. The van der Waals surface area contributed by atoms with Gasteiger partial charge in [0, 0.05) is 6.42 Å². The van der Waals surface area contributed by atoms with Crippen molar-refractivity contribution in [2.75, 3.05) is 0 Å². The first-order chi connectivity index (χ1) is 8.58. The van der Waals surface area contributed by atoms with Crippen LogP contribution in [0.5, 0.6) is 0 Å². The van der Waals surface area contributed by atoms with Crippen molar-refractivity contribution in [3.8, 4) is 0 Å². The molecule has 0 saturated heterocycles.